The first-order chi connectivity index (χ1) is 14.4. The third kappa shape index (κ3) is 5.86. The first-order valence-corrected chi connectivity index (χ1v) is 10.7. The second kappa shape index (κ2) is 9.81. The van der Waals surface area contributed by atoms with Gasteiger partial charge in [-0.05, 0) is 59.9 Å². The number of anilines is 1. The molecule has 158 valence electrons. The van der Waals surface area contributed by atoms with Gasteiger partial charge in [0.2, 0.25) is 0 Å². The first-order valence-electron chi connectivity index (χ1n) is 10.3. The van der Waals surface area contributed by atoms with Crippen LogP contribution < -0.4 is 10.1 Å². The number of furan rings is 1. The van der Waals surface area contributed by atoms with Crippen molar-refractivity contribution in [2.75, 3.05) is 11.9 Å². The number of nitrogens with zero attached hydrogens (tertiary/aromatic N) is 1. The van der Waals surface area contributed by atoms with Gasteiger partial charge in [0.05, 0.1) is 25.1 Å². The molecular weight excluding hydrogens is 392 g/mol. The molecule has 30 heavy (non-hydrogen) atoms. The quantitative estimate of drug-likeness (QED) is 0.448. The van der Waals surface area contributed by atoms with E-state index in [1.807, 2.05) is 43.3 Å². The maximum Gasteiger partial charge on any atom is 0.174 e. The van der Waals surface area contributed by atoms with Crippen LogP contribution in [0.1, 0.15) is 44.6 Å². The number of rotatable bonds is 7. The number of benzene rings is 2. The van der Waals surface area contributed by atoms with Crippen LogP contribution in [0, 0.1) is 0 Å². The Morgan fingerprint density at radius 3 is 2.37 bits per heavy atom. The maximum absolute atomic E-state index is 5.78. The minimum absolute atomic E-state index is 0.131. The summed E-state index contributed by atoms with van der Waals surface area (Å²) in [6.07, 6.45) is 1.69. The van der Waals surface area contributed by atoms with Gasteiger partial charge in [0.15, 0.2) is 5.11 Å². The fourth-order valence-corrected chi connectivity index (χ4v) is 3.41. The predicted octanol–water partition coefficient (Wildman–Crippen LogP) is 6.38. The highest BCUT2D eigenvalue weighted by atomic mass is 32.1. The molecule has 0 bridgehead atoms. The van der Waals surface area contributed by atoms with E-state index in [1.165, 1.54) is 11.1 Å². The molecule has 0 unspecified atom stereocenters. The largest absolute Gasteiger partial charge is 0.492 e. The second-order valence-corrected chi connectivity index (χ2v) is 8.63. The highest BCUT2D eigenvalue weighted by Gasteiger charge is 2.16. The fourth-order valence-electron chi connectivity index (χ4n) is 3.17. The van der Waals surface area contributed by atoms with Gasteiger partial charge in [0.25, 0.3) is 0 Å². The van der Waals surface area contributed by atoms with Gasteiger partial charge in [-0.25, -0.2) is 0 Å². The van der Waals surface area contributed by atoms with Crippen molar-refractivity contribution < 1.29 is 9.15 Å². The summed E-state index contributed by atoms with van der Waals surface area (Å²) in [5.41, 5.74) is 3.50. The third-order valence-corrected chi connectivity index (χ3v) is 5.20. The van der Waals surface area contributed by atoms with Crippen LogP contribution in [0.4, 0.5) is 5.69 Å². The van der Waals surface area contributed by atoms with Crippen molar-refractivity contribution in [2.24, 2.45) is 0 Å². The Bertz CT molecular complexity index is 944. The Morgan fingerprint density at radius 2 is 1.73 bits per heavy atom. The summed E-state index contributed by atoms with van der Waals surface area (Å²) in [6, 6.07) is 20.4. The van der Waals surface area contributed by atoms with E-state index in [2.05, 4.69) is 55.3 Å². The Balaban J connectivity index is 1.79. The Kier molecular flexibility index (Phi) is 7.16. The van der Waals surface area contributed by atoms with Crippen LogP contribution in [0.15, 0.2) is 71.3 Å². The lowest BCUT2D eigenvalue weighted by Crippen LogP contribution is -2.33. The summed E-state index contributed by atoms with van der Waals surface area (Å²) in [6.45, 7) is 10.5. The number of ether oxygens (including phenoxy) is 1. The second-order valence-electron chi connectivity index (χ2n) is 8.24. The summed E-state index contributed by atoms with van der Waals surface area (Å²) in [4.78, 5) is 2.10. The van der Waals surface area contributed by atoms with E-state index in [0.717, 1.165) is 17.2 Å². The van der Waals surface area contributed by atoms with Crippen LogP contribution >= 0.6 is 12.2 Å². The minimum atomic E-state index is 0.131. The molecule has 5 heteroatoms. The van der Waals surface area contributed by atoms with E-state index in [9.17, 15) is 0 Å². The third-order valence-electron chi connectivity index (χ3n) is 4.84. The predicted molar refractivity (Wildman–Crippen MR) is 127 cm³/mol. The Hall–Kier alpha value is -2.79. The summed E-state index contributed by atoms with van der Waals surface area (Å²) >= 11 is 5.78. The zero-order chi connectivity index (χ0) is 21.6. The monoisotopic (exact) mass is 422 g/mol. The normalized spacial score (nSPS) is 11.2. The molecule has 3 aromatic rings. The van der Waals surface area contributed by atoms with Crippen molar-refractivity contribution in [3.63, 3.8) is 0 Å². The summed E-state index contributed by atoms with van der Waals surface area (Å²) < 4.78 is 11.3. The van der Waals surface area contributed by atoms with Gasteiger partial charge < -0.3 is 19.4 Å². The van der Waals surface area contributed by atoms with Crippen LogP contribution in [-0.2, 0) is 18.5 Å². The van der Waals surface area contributed by atoms with Crippen molar-refractivity contribution in [2.45, 2.75) is 46.2 Å². The van der Waals surface area contributed by atoms with Crippen LogP contribution in [0.5, 0.6) is 5.75 Å². The molecule has 0 atom stereocenters. The number of nitrogens with one attached hydrogen (secondary N) is 1. The van der Waals surface area contributed by atoms with Crippen LogP contribution in [0.3, 0.4) is 0 Å². The number of thiocarbonyl (C=S) groups is 1. The van der Waals surface area contributed by atoms with Gasteiger partial charge in [0.1, 0.15) is 11.5 Å². The standard InChI is InChI=1S/C25H30N2O2S/c1-5-28-23-11-7-6-10-22(23)26-24(30)27(18-21-9-8-16-29-21)17-19-12-14-20(15-13-19)25(2,3)4/h6-16H,5,17-18H2,1-4H3,(H,26,30). The zero-order valence-corrected chi connectivity index (χ0v) is 19.0. The highest BCUT2D eigenvalue weighted by Crippen LogP contribution is 2.26. The molecule has 0 aliphatic heterocycles. The summed E-state index contributed by atoms with van der Waals surface area (Å²) in [7, 11) is 0. The van der Waals surface area contributed by atoms with E-state index in [1.54, 1.807) is 6.26 Å². The molecule has 0 aliphatic carbocycles. The van der Waals surface area contributed by atoms with Crippen molar-refractivity contribution in [3.8, 4) is 5.75 Å². The summed E-state index contributed by atoms with van der Waals surface area (Å²) in [5, 5.41) is 3.98. The molecule has 1 N–H and O–H groups in total. The van der Waals surface area contributed by atoms with E-state index in [-0.39, 0.29) is 5.41 Å². The smallest absolute Gasteiger partial charge is 0.174 e. The average Bonchev–Trinajstić information content (AvgIpc) is 3.22. The number of para-hydroxylation sites is 2. The molecule has 0 radical (unpaired) electrons. The van der Waals surface area contributed by atoms with E-state index in [4.69, 9.17) is 21.4 Å². The van der Waals surface area contributed by atoms with Crippen LogP contribution in [-0.4, -0.2) is 16.6 Å². The van der Waals surface area contributed by atoms with Gasteiger partial charge in [-0.3, -0.25) is 0 Å². The molecule has 4 nitrogen and oxygen atoms in total. The molecule has 0 fully saturated rings. The van der Waals surface area contributed by atoms with Crippen molar-refractivity contribution in [3.05, 3.63) is 83.8 Å². The molecule has 2 aromatic carbocycles. The molecule has 0 saturated carbocycles. The lowest BCUT2D eigenvalue weighted by molar-refractivity contribution is 0.341. The van der Waals surface area contributed by atoms with E-state index in [0.29, 0.717) is 24.8 Å². The van der Waals surface area contributed by atoms with Crippen LogP contribution in [0.2, 0.25) is 0 Å². The molecule has 0 saturated heterocycles. The molecule has 3 rings (SSSR count). The SMILES string of the molecule is CCOc1ccccc1NC(=S)N(Cc1ccc(C(C)(C)C)cc1)Cc1ccco1. The zero-order valence-electron chi connectivity index (χ0n) is 18.1. The summed E-state index contributed by atoms with van der Waals surface area (Å²) in [5.74, 6) is 1.65. The fraction of sp³-hybridized carbons (Fsp3) is 0.320. The van der Waals surface area contributed by atoms with Crippen molar-refractivity contribution in [1.82, 2.24) is 4.90 Å². The van der Waals surface area contributed by atoms with Gasteiger partial charge in [0, 0.05) is 6.54 Å². The first kappa shape index (κ1) is 21.9. The lowest BCUT2D eigenvalue weighted by atomic mass is 9.87. The van der Waals surface area contributed by atoms with Crippen molar-refractivity contribution >= 4 is 23.0 Å². The topological polar surface area (TPSA) is 37.6 Å². The molecule has 1 aromatic heterocycles. The van der Waals surface area contributed by atoms with E-state index < -0.39 is 0 Å². The van der Waals surface area contributed by atoms with Crippen molar-refractivity contribution in [1.29, 1.82) is 0 Å². The maximum atomic E-state index is 5.78. The molecular formula is C25H30N2O2S. The average molecular weight is 423 g/mol. The van der Waals surface area contributed by atoms with Crippen LogP contribution in [0.25, 0.3) is 0 Å². The number of hydrogen-bond donors (Lipinski definition) is 1. The Labute approximate surface area is 184 Å². The minimum Gasteiger partial charge on any atom is -0.492 e. The van der Waals surface area contributed by atoms with Gasteiger partial charge in [-0.1, -0.05) is 57.2 Å². The number of hydrogen-bond acceptors (Lipinski definition) is 3. The lowest BCUT2D eigenvalue weighted by Gasteiger charge is -2.26. The Morgan fingerprint density at radius 1 is 1.00 bits per heavy atom. The van der Waals surface area contributed by atoms with Gasteiger partial charge >= 0.3 is 0 Å². The molecule has 0 aliphatic rings. The molecule has 1 heterocycles. The van der Waals surface area contributed by atoms with Gasteiger partial charge in [-0.2, -0.15) is 0 Å². The molecule has 0 spiro atoms. The van der Waals surface area contributed by atoms with Gasteiger partial charge in [-0.15, -0.1) is 0 Å². The highest BCUT2D eigenvalue weighted by molar-refractivity contribution is 7.80. The molecule has 0 amide bonds. The van der Waals surface area contributed by atoms with E-state index >= 15 is 0 Å².